The van der Waals surface area contributed by atoms with Gasteiger partial charge in [-0.2, -0.15) is 0 Å². The Kier molecular flexibility index (Phi) is 17.6. The van der Waals surface area contributed by atoms with Gasteiger partial charge in [-0.1, -0.05) is 19.3 Å². The molecule has 182 valence electrons. The standard InChI is InChI=1S/C20H43N7O4/c21-10-4-1-7-13-27(19(29)17(24)9-3-6-12-23)14-18(28)26-16(8-2-5-11-22)15-31-20(25)30/h16-17H,1-15,21-24H2,(H2,25,30)(H,26,28). The van der Waals surface area contributed by atoms with Crippen LogP contribution in [0.4, 0.5) is 4.79 Å². The molecule has 31 heavy (non-hydrogen) atoms. The van der Waals surface area contributed by atoms with Crippen molar-refractivity contribution in [3.05, 3.63) is 0 Å². The molecule has 0 aromatic heterocycles. The zero-order valence-corrected chi connectivity index (χ0v) is 18.7. The maximum Gasteiger partial charge on any atom is 0.404 e. The number of carbonyl (C=O) groups is 3. The first-order valence-corrected chi connectivity index (χ1v) is 11.2. The fourth-order valence-corrected chi connectivity index (χ4v) is 3.12. The van der Waals surface area contributed by atoms with Crippen molar-refractivity contribution in [2.45, 2.75) is 69.9 Å². The molecular formula is C20H43N7O4. The molecule has 0 saturated carbocycles. The average Bonchev–Trinajstić information content (AvgIpc) is 2.73. The van der Waals surface area contributed by atoms with E-state index in [1.54, 1.807) is 0 Å². The fourth-order valence-electron chi connectivity index (χ4n) is 3.12. The summed E-state index contributed by atoms with van der Waals surface area (Å²) in [4.78, 5) is 37.9. The van der Waals surface area contributed by atoms with Crippen LogP contribution in [-0.2, 0) is 14.3 Å². The Hall–Kier alpha value is -1.95. The number of nitrogens with zero attached hydrogens (tertiary/aromatic N) is 1. The highest BCUT2D eigenvalue weighted by atomic mass is 16.5. The Morgan fingerprint density at radius 1 is 0.839 bits per heavy atom. The summed E-state index contributed by atoms with van der Waals surface area (Å²) in [5.74, 6) is -0.597. The van der Waals surface area contributed by atoms with Gasteiger partial charge in [0.2, 0.25) is 11.8 Å². The first kappa shape index (κ1) is 29.1. The lowest BCUT2D eigenvalue weighted by Crippen LogP contribution is -2.50. The Morgan fingerprint density at radius 2 is 1.42 bits per heavy atom. The van der Waals surface area contributed by atoms with Crippen LogP contribution in [0.5, 0.6) is 0 Å². The van der Waals surface area contributed by atoms with Gasteiger partial charge in [-0.3, -0.25) is 9.59 Å². The van der Waals surface area contributed by atoms with E-state index in [0.29, 0.717) is 39.0 Å². The number of nitrogens with two attached hydrogens (primary N) is 5. The minimum absolute atomic E-state index is 0.0330. The van der Waals surface area contributed by atoms with Gasteiger partial charge in [0, 0.05) is 6.54 Å². The number of amides is 3. The number of hydrogen-bond donors (Lipinski definition) is 6. The molecule has 0 heterocycles. The van der Waals surface area contributed by atoms with Gasteiger partial charge >= 0.3 is 6.09 Å². The quantitative estimate of drug-likeness (QED) is 0.137. The van der Waals surface area contributed by atoms with Gasteiger partial charge in [0.05, 0.1) is 18.6 Å². The third kappa shape index (κ3) is 15.5. The van der Waals surface area contributed by atoms with Crippen molar-refractivity contribution in [1.29, 1.82) is 0 Å². The van der Waals surface area contributed by atoms with Crippen LogP contribution in [0.3, 0.4) is 0 Å². The second-order valence-electron chi connectivity index (χ2n) is 7.68. The number of carbonyl (C=O) groups excluding carboxylic acids is 3. The number of nitrogens with one attached hydrogen (secondary N) is 1. The summed E-state index contributed by atoms with van der Waals surface area (Å²) in [5, 5.41) is 2.83. The van der Waals surface area contributed by atoms with Crippen LogP contribution in [0.25, 0.3) is 0 Å². The van der Waals surface area contributed by atoms with Gasteiger partial charge in [-0.05, 0) is 58.2 Å². The van der Waals surface area contributed by atoms with Crippen LogP contribution < -0.4 is 34.0 Å². The number of rotatable bonds is 19. The molecule has 0 saturated heterocycles. The van der Waals surface area contributed by atoms with Crippen molar-refractivity contribution in [3.8, 4) is 0 Å². The summed E-state index contributed by atoms with van der Waals surface area (Å²) in [5.41, 5.74) is 27.6. The fraction of sp³-hybridized carbons (Fsp3) is 0.850. The van der Waals surface area contributed by atoms with Gasteiger partial charge < -0.3 is 43.6 Å². The lowest BCUT2D eigenvalue weighted by atomic mass is 10.1. The second kappa shape index (κ2) is 18.8. The topological polar surface area (TPSA) is 206 Å². The summed E-state index contributed by atoms with van der Waals surface area (Å²) in [6.07, 6.45) is 5.73. The number of primary amides is 1. The van der Waals surface area contributed by atoms with Gasteiger partial charge in [-0.15, -0.1) is 0 Å². The first-order chi connectivity index (χ1) is 14.8. The highest BCUT2D eigenvalue weighted by molar-refractivity contribution is 5.87. The lowest BCUT2D eigenvalue weighted by Gasteiger charge is -2.27. The molecule has 0 fully saturated rings. The molecule has 0 bridgehead atoms. The minimum Gasteiger partial charge on any atom is -0.448 e. The largest absolute Gasteiger partial charge is 0.448 e. The van der Waals surface area contributed by atoms with Crippen LogP contribution in [0.15, 0.2) is 0 Å². The summed E-state index contributed by atoms with van der Waals surface area (Å²) in [7, 11) is 0. The molecule has 0 aliphatic heterocycles. The molecule has 0 spiro atoms. The van der Waals surface area contributed by atoms with E-state index in [4.69, 9.17) is 33.4 Å². The van der Waals surface area contributed by atoms with Gasteiger partial charge in [-0.25, -0.2) is 4.79 Å². The monoisotopic (exact) mass is 445 g/mol. The average molecular weight is 446 g/mol. The predicted octanol–water partition coefficient (Wildman–Crippen LogP) is -0.891. The molecule has 0 aromatic carbocycles. The molecule has 0 aliphatic carbocycles. The zero-order chi connectivity index (χ0) is 23.5. The highest BCUT2D eigenvalue weighted by Gasteiger charge is 2.24. The maximum atomic E-state index is 12.8. The molecule has 2 unspecified atom stereocenters. The van der Waals surface area contributed by atoms with Gasteiger partial charge in [0.1, 0.15) is 6.61 Å². The molecule has 0 rings (SSSR count). The Labute approximate surface area is 185 Å². The van der Waals surface area contributed by atoms with Crippen molar-refractivity contribution in [3.63, 3.8) is 0 Å². The summed E-state index contributed by atoms with van der Waals surface area (Å²) < 4.78 is 4.84. The Morgan fingerprint density at radius 3 is 2.00 bits per heavy atom. The normalized spacial score (nSPS) is 12.8. The van der Waals surface area contributed by atoms with E-state index in [-0.39, 0.29) is 25.0 Å². The predicted molar refractivity (Wildman–Crippen MR) is 121 cm³/mol. The molecule has 11 N–H and O–H groups in total. The second-order valence-corrected chi connectivity index (χ2v) is 7.68. The van der Waals surface area contributed by atoms with Crippen LogP contribution >= 0.6 is 0 Å². The van der Waals surface area contributed by atoms with Crippen molar-refractivity contribution in [2.24, 2.45) is 28.7 Å². The maximum absolute atomic E-state index is 12.8. The Bertz CT molecular complexity index is 508. The van der Waals surface area contributed by atoms with Gasteiger partial charge in [0.15, 0.2) is 0 Å². The molecule has 11 heteroatoms. The van der Waals surface area contributed by atoms with Gasteiger partial charge in [0.25, 0.3) is 0 Å². The van der Waals surface area contributed by atoms with Crippen LogP contribution in [0.1, 0.15) is 57.8 Å². The zero-order valence-electron chi connectivity index (χ0n) is 18.7. The molecule has 0 aromatic rings. The molecule has 11 nitrogen and oxygen atoms in total. The van der Waals surface area contributed by atoms with E-state index in [1.165, 1.54) is 4.90 Å². The minimum atomic E-state index is -0.904. The molecule has 3 amide bonds. The van der Waals surface area contributed by atoms with Crippen molar-refractivity contribution in [1.82, 2.24) is 10.2 Å². The highest BCUT2D eigenvalue weighted by Crippen LogP contribution is 2.07. The Balaban J connectivity index is 4.92. The molecule has 0 radical (unpaired) electrons. The number of unbranched alkanes of at least 4 members (excludes halogenated alkanes) is 4. The van der Waals surface area contributed by atoms with E-state index in [9.17, 15) is 14.4 Å². The summed E-state index contributed by atoms with van der Waals surface area (Å²) in [6.45, 7) is 1.93. The summed E-state index contributed by atoms with van der Waals surface area (Å²) in [6, 6.07) is -1.08. The van der Waals surface area contributed by atoms with Crippen molar-refractivity contribution >= 4 is 17.9 Å². The summed E-state index contributed by atoms with van der Waals surface area (Å²) >= 11 is 0. The SMILES string of the molecule is NCCCCCN(CC(=O)NC(CCCCN)COC(N)=O)C(=O)C(N)CCCCN. The lowest BCUT2D eigenvalue weighted by molar-refractivity contribution is -0.137. The third-order valence-corrected chi connectivity index (χ3v) is 4.86. The van der Waals surface area contributed by atoms with Crippen LogP contribution in [0, 0.1) is 0 Å². The van der Waals surface area contributed by atoms with Crippen molar-refractivity contribution < 1.29 is 19.1 Å². The molecular weight excluding hydrogens is 402 g/mol. The molecule has 2 atom stereocenters. The van der Waals surface area contributed by atoms with Crippen LogP contribution in [-0.4, -0.2) is 74.2 Å². The molecule has 0 aliphatic rings. The smallest absolute Gasteiger partial charge is 0.404 e. The van der Waals surface area contributed by atoms with E-state index >= 15 is 0 Å². The van der Waals surface area contributed by atoms with Crippen LogP contribution in [0.2, 0.25) is 0 Å². The van der Waals surface area contributed by atoms with E-state index in [1.807, 2.05) is 0 Å². The van der Waals surface area contributed by atoms with E-state index in [2.05, 4.69) is 5.32 Å². The van der Waals surface area contributed by atoms with E-state index < -0.39 is 18.2 Å². The third-order valence-electron chi connectivity index (χ3n) is 4.86. The number of ether oxygens (including phenoxy) is 1. The van der Waals surface area contributed by atoms with E-state index in [0.717, 1.165) is 44.9 Å². The first-order valence-electron chi connectivity index (χ1n) is 11.2. The van der Waals surface area contributed by atoms with Crippen molar-refractivity contribution in [2.75, 3.05) is 39.3 Å². The number of hydrogen-bond acceptors (Lipinski definition) is 8.